The Kier molecular flexibility index (Phi) is 2.68. The fourth-order valence-corrected chi connectivity index (χ4v) is 3.12. The van der Waals surface area contributed by atoms with Gasteiger partial charge in [0.15, 0.2) is 0 Å². The molecule has 1 fully saturated rings. The van der Waals surface area contributed by atoms with E-state index in [2.05, 4.69) is 10.1 Å². The van der Waals surface area contributed by atoms with E-state index in [0.29, 0.717) is 11.7 Å². The molecule has 0 spiro atoms. The van der Waals surface area contributed by atoms with Crippen LogP contribution in [0.15, 0.2) is 21.3 Å². The minimum Gasteiger partial charge on any atom is -0.469 e. The zero-order chi connectivity index (χ0) is 11.8. The van der Waals surface area contributed by atoms with E-state index >= 15 is 0 Å². The Bertz CT molecular complexity index is 522. The summed E-state index contributed by atoms with van der Waals surface area (Å²) in [5.41, 5.74) is 0.833. The Morgan fingerprint density at radius 2 is 2.35 bits per heavy atom. The number of thioether (sulfide) groups is 1. The second kappa shape index (κ2) is 4.19. The van der Waals surface area contributed by atoms with Crippen molar-refractivity contribution in [2.75, 3.05) is 11.5 Å². The molecular weight excluding hydrogens is 240 g/mol. The highest BCUT2D eigenvalue weighted by atomic mass is 32.2. The van der Waals surface area contributed by atoms with E-state index in [1.54, 1.807) is 18.0 Å². The molecule has 6 heteroatoms. The lowest BCUT2D eigenvalue weighted by molar-refractivity contribution is 0.164. The van der Waals surface area contributed by atoms with Crippen molar-refractivity contribution < 1.29 is 14.0 Å². The molecule has 0 amide bonds. The first kappa shape index (κ1) is 10.9. The molecule has 2 unspecified atom stereocenters. The normalized spacial score (nSPS) is 24.4. The van der Waals surface area contributed by atoms with E-state index < -0.39 is 6.10 Å². The summed E-state index contributed by atoms with van der Waals surface area (Å²) in [6.07, 6.45) is 1.21. The van der Waals surface area contributed by atoms with Crippen LogP contribution in [-0.4, -0.2) is 32.9 Å². The maximum atomic E-state index is 9.77. The maximum absolute atomic E-state index is 9.77. The van der Waals surface area contributed by atoms with E-state index in [1.807, 2.05) is 13.0 Å². The first-order valence-corrected chi connectivity index (χ1v) is 6.55. The molecule has 0 saturated carbocycles. The average Bonchev–Trinajstić information content (AvgIpc) is 2.97. The minimum atomic E-state index is -0.390. The van der Waals surface area contributed by atoms with Gasteiger partial charge in [-0.1, -0.05) is 5.16 Å². The molecular formula is C11H12N2O3S. The van der Waals surface area contributed by atoms with Crippen molar-refractivity contribution in [3.63, 3.8) is 0 Å². The third kappa shape index (κ3) is 1.87. The number of aliphatic hydroxyl groups excluding tert-OH is 1. The maximum Gasteiger partial charge on any atom is 0.233 e. The van der Waals surface area contributed by atoms with Gasteiger partial charge < -0.3 is 14.0 Å². The van der Waals surface area contributed by atoms with Crippen LogP contribution in [0, 0.1) is 6.92 Å². The lowest BCUT2D eigenvalue weighted by atomic mass is 10.1. The Labute approximate surface area is 102 Å². The lowest BCUT2D eigenvalue weighted by Gasteiger charge is -2.06. The van der Waals surface area contributed by atoms with Crippen LogP contribution < -0.4 is 0 Å². The highest BCUT2D eigenvalue weighted by Crippen LogP contribution is 2.33. The molecule has 1 aliphatic heterocycles. The number of rotatable bonds is 2. The topological polar surface area (TPSA) is 72.3 Å². The van der Waals surface area contributed by atoms with Gasteiger partial charge >= 0.3 is 0 Å². The molecule has 0 aliphatic carbocycles. The van der Waals surface area contributed by atoms with Gasteiger partial charge in [0.1, 0.15) is 5.76 Å². The van der Waals surface area contributed by atoms with Crippen LogP contribution in [0.3, 0.4) is 0 Å². The number of nitrogens with zero attached hydrogens (tertiary/aromatic N) is 2. The van der Waals surface area contributed by atoms with E-state index in [0.717, 1.165) is 22.8 Å². The Balaban J connectivity index is 1.90. The van der Waals surface area contributed by atoms with Crippen molar-refractivity contribution in [3.8, 4) is 11.4 Å². The predicted molar refractivity (Wildman–Crippen MR) is 62.8 cm³/mol. The van der Waals surface area contributed by atoms with Gasteiger partial charge in [-0.15, -0.1) is 0 Å². The van der Waals surface area contributed by atoms with E-state index in [-0.39, 0.29) is 5.92 Å². The van der Waals surface area contributed by atoms with E-state index in [4.69, 9.17) is 8.94 Å². The predicted octanol–water partition coefficient (Wildman–Crippen LogP) is 1.83. The third-order valence-electron chi connectivity index (χ3n) is 2.91. The summed E-state index contributed by atoms with van der Waals surface area (Å²) in [4.78, 5) is 4.33. The fraction of sp³-hybridized carbons (Fsp3) is 0.455. The standard InChI is InChI=1S/C11H12N2O3S/c1-6-7(2-3-15-6)10-12-11(16-13-10)8-4-17-5-9(8)14/h2-3,8-9,14H,4-5H2,1H3. The van der Waals surface area contributed by atoms with Crippen LogP contribution in [-0.2, 0) is 0 Å². The van der Waals surface area contributed by atoms with Gasteiger partial charge in [-0.3, -0.25) is 0 Å². The first-order chi connectivity index (χ1) is 8.25. The Hall–Kier alpha value is -1.27. The van der Waals surface area contributed by atoms with Crippen molar-refractivity contribution in [2.24, 2.45) is 0 Å². The zero-order valence-electron chi connectivity index (χ0n) is 9.29. The third-order valence-corrected chi connectivity index (χ3v) is 4.08. The van der Waals surface area contributed by atoms with E-state index in [1.165, 1.54) is 0 Å². The fourth-order valence-electron chi connectivity index (χ4n) is 1.89. The largest absolute Gasteiger partial charge is 0.469 e. The second-order valence-corrected chi connectivity index (χ2v) is 5.13. The van der Waals surface area contributed by atoms with Crippen LogP contribution in [0.1, 0.15) is 17.6 Å². The summed E-state index contributed by atoms with van der Waals surface area (Å²) in [5.74, 6) is 3.31. The Morgan fingerprint density at radius 3 is 3.00 bits per heavy atom. The van der Waals surface area contributed by atoms with Crippen molar-refractivity contribution in [1.29, 1.82) is 0 Å². The summed E-state index contributed by atoms with van der Waals surface area (Å²) >= 11 is 1.70. The van der Waals surface area contributed by atoms with Crippen molar-refractivity contribution in [2.45, 2.75) is 18.9 Å². The summed E-state index contributed by atoms with van der Waals surface area (Å²) in [6.45, 7) is 1.85. The van der Waals surface area contributed by atoms with Gasteiger partial charge in [0.2, 0.25) is 11.7 Å². The molecule has 0 radical (unpaired) electrons. The number of furan rings is 1. The summed E-state index contributed by atoms with van der Waals surface area (Å²) < 4.78 is 10.4. The lowest BCUT2D eigenvalue weighted by Crippen LogP contribution is -2.15. The molecule has 1 N–H and O–H groups in total. The minimum absolute atomic E-state index is 0.0477. The van der Waals surface area contributed by atoms with Crippen molar-refractivity contribution in [3.05, 3.63) is 24.0 Å². The monoisotopic (exact) mass is 252 g/mol. The molecule has 2 aromatic heterocycles. The summed E-state index contributed by atoms with van der Waals surface area (Å²) in [5, 5.41) is 13.7. The van der Waals surface area contributed by atoms with Crippen LogP contribution in [0.4, 0.5) is 0 Å². The van der Waals surface area contributed by atoms with Gasteiger partial charge in [-0.25, -0.2) is 0 Å². The quantitative estimate of drug-likeness (QED) is 0.879. The van der Waals surface area contributed by atoms with Crippen LogP contribution in [0.25, 0.3) is 11.4 Å². The molecule has 1 saturated heterocycles. The smallest absolute Gasteiger partial charge is 0.233 e. The molecule has 17 heavy (non-hydrogen) atoms. The van der Waals surface area contributed by atoms with Gasteiger partial charge in [-0.05, 0) is 13.0 Å². The zero-order valence-corrected chi connectivity index (χ0v) is 10.1. The van der Waals surface area contributed by atoms with Gasteiger partial charge in [0, 0.05) is 11.5 Å². The highest BCUT2D eigenvalue weighted by Gasteiger charge is 2.32. The number of aryl methyl sites for hydroxylation is 1. The molecule has 0 aromatic carbocycles. The van der Waals surface area contributed by atoms with E-state index in [9.17, 15) is 5.11 Å². The number of hydrogen-bond donors (Lipinski definition) is 1. The Morgan fingerprint density at radius 1 is 1.47 bits per heavy atom. The molecule has 2 aromatic rings. The second-order valence-electron chi connectivity index (χ2n) is 4.06. The van der Waals surface area contributed by atoms with Crippen LogP contribution >= 0.6 is 11.8 Å². The van der Waals surface area contributed by atoms with Crippen LogP contribution in [0.2, 0.25) is 0 Å². The van der Waals surface area contributed by atoms with Crippen molar-refractivity contribution >= 4 is 11.8 Å². The number of hydrogen-bond acceptors (Lipinski definition) is 6. The first-order valence-electron chi connectivity index (χ1n) is 5.39. The highest BCUT2D eigenvalue weighted by molar-refractivity contribution is 7.99. The van der Waals surface area contributed by atoms with Crippen molar-refractivity contribution in [1.82, 2.24) is 10.1 Å². The molecule has 3 rings (SSSR count). The van der Waals surface area contributed by atoms with Gasteiger partial charge in [0.05, 0.1) is 23.8 Å². The molecule has 5 nitrogen and oxygen atoms in total. The summed E-state index contributed by atoms with van der Waals surface area (Å²) in [6, 6.07) is 1.81. The summed E-state index contributed by atoms with van der Waals surface area (Å²) in [7, 11) is 0. The van der Waals surface area contributed by atoms with Gasteiger partial charge in [0.25, 0.3) is 0 Å². The SMILES string of the molecule is Cc1occc1-c1noc(C2CSCC2O)n1. The van der Waals surface area contributed by atoms with Gasteiger partial charge in [-0.2, -0.15) is 16.7 Å². The molecule has 3 heterocycles. The molecule has 0 bridgehead atoms. The number of aromatic nitrogens is 2. The molecule has 2 atom stereocenters. The number of aliphatic hydroxyl groups is 1. The molecule has 1 aliphatic rings. The molecule has 90 valence electrons. The van der Waals surface area contributed by atoms with Crippen LogP contribution in [0.5, 0.6) is 0 Å². The average molecular weight is 252 g/mol.